The number of hydrogen-bond acceptors (Lipinski definition) is 3. The maximum absolute atomic E-state index is 11.9. The van der Waals surface area contributed by atoms with Crippen molar-refractivity contribution < 1.29 is 14.7 Å². The van der Waals surface area contributed by atoms with Gasteiger partial charge in [-0.1, -0.05) is 29.8 Å². The van der Waals surface area contributed by atoms with Gasteiger partial charge in [-0.05, 0) is 49.7 Å². The molecule has 1 aliphatic rings. The summed E-state index contributed by atoms with van der Waals surface area (Å²) in [4.78, 5) is 24.9. The number of halogens is 2. The highest BCUT2D eigenvalue weighted by Crippen LogP contribution is 2.17. The first kappa shape index (κ1) is 19.7. The third kappa shape index (κ3) is 6.73. The summed E-state index contributed by atoms with van der Waals surface area (Å²) in [6, 6.07) is 7.31. The fourth-order valence-corrected chi connectivity index (χ4v) is 2.64. The van der Waals surface area contributed by atoms with E-state index in [1.54, 1.807) is 24.3 Å². The molecule has 0 aromatic heterocycles. The van der Waals surface area contributed by atoms with E-state index in [4.69, 9.17) is 16.7 Å². The van der Waals surface area contributed by atoms with E-state index in [1.807, 2.05) is 12.1 Å². The lowest BCUT2D eigenvalue weighted by Gasteiger charge is -2.29. The largest absolute Gasteiger partial charge is 0.481 e. The van der Waals surface area contributed by atoms with Crippen molar-refractivity contribution >= 4 is 41.8 Å². The third-order valence-electron chi connectivity index (χ3n) is 3.94. The number of piperidine rings is 1. The highest BCUT2D eigenvalue weighted by Gasteiger charge is 2.24. The van der Waals surface area contributed by atoms with E-state index in [1.165, 1.54) is 0 Å². The van der Waals surface area contributed by atoms with Crippen LogP contribution >= 0.6 is 24.0 Å². The molecular formula is C17H21Cl2NO3. The molecule has 4 nitrogen and oxygen atoms in total. The number of carbonyl (C=O) groups excluding carboxylic acids is 1. The number of carboxylic acids is 1. The van der Waals surface area contributed by atoms with Gasteiger partial charge in [0.15, 0.2) is 5.78 Å². The molecule has 0 saturated carbocycles. The van der Waals surface area contributed by atoms with Gasteiger partial charge in [0.1, 0.15) is 0 Å². The number of rotatable bonds is 6. The van der Waals surface area contributed by atoms with Crippen LogP contribution in [0.5, 0.6) is 0 Å². The quantitative estimate of drug-likeness (QED) is 0.791. The zero-order valence-corrected chi connectivity index (χ0v) is 14.4. The second kappa shape index (κ2) is 9.71. The molecular weight excluding hydrogens is 337 g/mol. The Balaban J connectivity index is 0.00000264. The standard InChI is InChI=1S/C17H20ClNO3.ClH/c18-15-4-1-13(2-5-15)3-6-16(20)9-12-19-10-7-14(8-11-19)17(21)22;/h1-6,14H,7-12H2,(H,21,22);1H. The van der Waals surface area contributed by atoms with Crippen molar-refractivity contribution in [2.24, 2.45) is 5.92 Å². The lowest BCUT2D eigenvalue weighted by molar-refractivity contribution is -0.143. The molecule has 1 heterocycles. The number of ketones is 1. The van der Waals surface area contributed by atoms with Gasteiger partial charge in [0.2, 0.25) is 0 Å². The number of allylic oxidation sites excluding steroid dienone is 1. The van der Waals surface area contributed by atoms with E-state index in [2.05, 4.69) is 4.90 Å². The summed E-state index contributed by atoms with van der Waals surface area (Å²) in [5.41, 5.74) is 0.944. The van der Waals surface area contributed by atoms with Gasteiger partial charge < -0.3 is 10.0 Å². The van der Waals surface area contributed by atoms with Gasteiger partial charge in [-0.3, -0.25) is 9.59 Å². The molecule has 0 atom stereocenters. The third-order valence-corrected chi connectivity index (χ3v) is 4.19. The average molecular weight is 358 g/mol. The summed E-state index contributed by atoms with van der Waals surface area (Å²) in [7, 11) is 0. The van der Waals surface area contributed by atoms with Crippen LogP contribution in [-0.2, 0) is 9.59 Å². The van der Waals surface area contributed by atoms with Crippen LogP contribution in [0.1, 0.15) is 24.8 Å². The highest BCUT2D eigenvalue weighted by molar-refractivity contribution is 6.30. The van der Waals surface area contributed by atoms with Crippen molar-refractivity contribution in [2.75, 3.05) is 19.6 Å². The smallest absolute Gasteiger partial charge is 0.306 e. The number of nitrogens with zero attached hydrogens (tertiary/aromatic N) is 1. The number of carbonyl (C=O) groups is 2. The maximum Gasteiger partial charge on any atom is 0.306 e. The van der Waals surface area contributed by atoms with Crippen molar-refractivity contribution in [3.8, 4) is 0 Å². The number of likely N-dealkylation sites (tertiary alicyclic amines) is 1. The number of benzene rings is 1. The molecule has 6 heteroatoms. The summed E-state index contributed by atoms with van der Waals surface area (Å²) < 4.78 is 0. The van der Waals surface area contributed by atoms with E-state index in [0.29, 0.717) is 30.8 Å². The van der Waals surface area contributed by atoms with E-state index in [9.17, 15) is 9.59 Å². The molecule has 0 aliphatic carbocycles. The van der Waals surface area contributed by atoms with Crippen LogP contribution in [0.4, 0.5) is 0 Å². The van der Waals surface area contributed by atoms with E-state index in [0.717, 1.165) is 18.7 Å². The fourth-order valence-electron chi connectivity index (χ4n) is 2.52. The molecule has 126 valence electrons. The Morgan fingerprint density at radius 2 is 1.83 bits per heavy atom. The van der Waals surface area contributed by atoms with Gasteiger partial charge in [0, 0.05) is 18.0 Å². The molecule has 1 saturated heterocycles. The van der Waals surface area contributed by atoms with Crippen LogP contribution in [0.2, 0.25) is 5.02 Å². The van der Waals surface area contributed by atoms with Crippen molar-refractivity contribution in [1.29, 1.82) is 0 Å². The molecule has 0 spiro atoms. The second-order valence-corrected chi connectivity index (χ2v) is 5.99. The Morgan fingerprint density at radius 1 is 1.22 bits per heavy atom. The zero-order chi connectivity index (χ0) is 15.9. The minimum atomic E-state index is -0.707. The fraction of sp³-hybridized carbons (Fsp3) is 0.412. The number of aliphatic carboxylic acids is 1. The van der Waals surface area contributed by atoms with Crippen molar-refractivity contribution in [2.45, 2.75) is 19.3 Å². The lowest BCUT2D eigenvalue weighted by Crippen LogP contribution is -2.37. The molecule has 0 radical (unpaired) electrons. The molecule has 1 N–H and O–H groups in total. The SMILES string of the molecule is Cl.O=C(C=Cc1ccc(Cl)cc1)CCN1CCC(C(=O)O)CC1. The Kier molecular flexibility index (Phi) is 8.31. The van der Waals surface area contributed by atoms with Crippen molar-refractivity contribution in [1.82, 2.24) is 4.90 Å². The molecule has 1 fully saturated rings. The predicted molar refractivity (Wildman–Crippen MR) is 94.2 cm³/mol. The van der Waals surface area contributed by atoms with Crippen LogP contribution in [0.3, 0.4) is 0 Å². The molecule has 2 rings (SSSR count). The normalized spacial score (nSPS) is 16.2. The Hall–Kier alpha value is -1.36. The van der Waals surface area contributed by atoms with Gasteiger partial charge in [-0.2, -0.15) is 0 Å². The first-order valence-electron chi connectivity index (χ1n) is 7.46. The van der Waals surface area contributed by atoms with E-state index < -0.39 is 5.97 Å². The highest BCUT2D eigenvalue weighted by atomic mass is 35.5. The minimum Gasteiger partial charge on any atom is -0.481 e. The summed E-state index contributed by atoms with van der Waals surface area (Å²) in [6.07, 6.45) is 5.18. The topological polar surface area (TPSA) is 57.6 Å². The van der Waals surface area contributed by atoms with Crippen LogP contribution in [-0.4, -0.2) is 41.4 Å². The molecule has 0 bridgehead atoms. The lowest BCUT2D eigenvalue weighted by atomic mass is 9.97. The first-order valence-corrected chi connectivity index (χ1v) is 7.84. The summed E-state index contributed by atoms with van der Waals surface area (Å²) in [5, 5.41) is 9.62. The monoisotopic (exact) mass is 357 g/mol. The molecule has 0 unspecified atom stereocenters. The van der Waals surface area contributed by atoms with Gasteiger partial charge in [0.25, 0.3) is 0 Å². The van der Waals surface area contributed by atoms with Crippen LogP contribution in [0, 0.1) is 5.92 Å². The number of hydrogen-bond donors (Lipinski definition) is 1. The molecule has 1 aromatic rings. The van der Waals surface area contributed by atoms with Crippen LogP contribution < -0.4 is 0 Å². The van der Waals surface area contributed by atoms with Crippen molar-refractivity contribution in [3.63, 3.8) is 0 Å². The van der Waals surface area contributed by atoms with Gasteiger partial charge in [-0.25, -0.2) is 0 Å². The predicted octanol–water partition coefficient (Wildman–Crippen LogP) is 3.53. The van der Waals surface area contributed by atoms with Gasteiger partial charge in [-0.15, -0.1) is 12.4 Å². The molecule has 23 heavy (non-hydrogen) atoms. The molecule has 1 aliphatic heterocycles. The van der Waals surface area contributed by atoms with Crippen LogP contribution in [0.25, 0.3) is 6.08 Å². The maximum atomic E-state index is 11.9. The van der Waals surface area contributed by atoms with E-state index in [-0.39, 0.29) is 24.1 Å². The average Bonchev–Trinajstić information content (AvgIpc) is 2.52. The Morgan fingerprint density at radius 3 is 2.39 bits per heavy atom. The molecule has 0 amide bonds. The summed E-state index contributed by atoms with van der Waals surface area (Å²) in [5.74, 6) is -0.853. The minimum absolute atomic E-state index is 0. The molecule has 1 aromatic carbocycles. The van der Waals surface area contributed by atoms with Crippen LogP contribution in [0.15, 0.2) is 30.3 Å². The van der Waals surface area contributed by atoms with Gasteiger partial charge in [0.05, 0.1) is 5.92 Å². The van der Waals surface area contributed by atoms with Crippen molar-refractivity contribution in [3.05, 3.63) is 40.9 Å². The summed E-state index contributed by atoms with van der Waals surface area (Å²) >= 11 is 5.81. The summed E-state index contributed by atoms with van der Waals surface area (Å²) in [6.45, 7) is 2.20. The number of carboxylic acid groups (broad SMARTS) is 1. The Bertz CT molecular complexity index is 549. The first-order chi connectivity index (χ1) is 10.5. The zero-order valence-electron chi connectivity index (χ0n) is 12.8. The Labute approximate surface area is 147 Å². The second-order valence-electron chi connectivity index (χ2n) is 5.56. The van der Waals surface area contributed by atoms with E-state index >= 15 is 0 Å². The van der Waals surface area contributed by atoms with Gasteiger partial charge >= 0.3 is 5.97 Å².